The number of pyridine rings is 1. The summed E-state index contributed by atoms with van der Waals surface area (Å²) < 4.78 is 1.96. The van der Waals surface area contributed by atoms with Gasteiger partial charge in [-0.1, -0.05) is 42.5 Å². The van der Waals surface area contributed by atoms with Gasteiger partial charge in [-0.05, 0) is 42.0 Å². The van der Waals surface area contributed by atoms with Crippen molar-refractivity contribution in [2.75, 3.05) is 0 Å². The second kappa shape index (κ2) is 6.13. The van der Waals surface area contributed by atoms with Crippen molar-refractivity contribution in [3.05, 3.63) is 83.8 Å². The van der Waals surface area contributed by atoms with Crippen LogP contribution >= 0.6 is 0 Å². The van der Waals surface area contributed by atoms with E-state index in [4.69, 9.17) is 0 Å². The number of hydrogen-bond donors (Lipinski definition) is 1. The Morgan fingerprint density at radius 2 is 1.89 bits per heavy atom. The minimum Gasteiger partial charge on any atom is -0.341 e. The normalized spacial score (nSPS) is 21.6. The SMILES string of the molecule is O=C(NC1(c2ccccc2)CC1)C1=NC=CCC1=C1N=C[n+]2ccccc21. The van der Waals surface area contributed by atoms with Crippen molar-refractivity contribution < 1.29 is 9.36 Å². The van der Waals surface area contributed by atoms with E-state index in [1.165, 1.54) is 0 Å². The van der Waals surface area contributed by atoms with Crippen LogP contribution in [0.2, 0.25) is 0 Å². The number of fused-ring (bicyclic) bond motifs is 1. The van der Waals surface area contributed by atoms with Crippen LogP contribution in [-0.4, -0.2) is 18.0 Å². The van der Waals surface area contributed by atoms with E-state index in [2.05, 4.69) is 27.4 Å². The molecule has 0 spiro atoms. The molecule has 27 heavy (non-hydrogen) atoms. The number of carbonyl (C=O) groups is 1. The van der Waals surface area contributed by atoms with E-state index in [0.29, 0.717) is 12.1 Å². The van der Waals surface area contributed by atoms with Crippen LogP contribution in [0.4, 0.5) is 0 Å². The van der Waals surface area contributed by atoms with Crippen LogP contribution in [0.25, 0.3) is 5.70 Å². The van der Waals surface area contributed by atoms with Gasteiger partial charge in [0.05, 0.1) is 11.7 Å². The van der Waals surface area contributed by atoms with E-state index in [9.17, 15) is 4.79 Å². The maximum atomic E-state index is 13.1. The molecular formula is C22H19N4O+. The smallest absolute Gasteiger partial charge is 0.292 e. The summed E-state index contributed by atoms with van der Waals surface area (Å²) in [6.07, 6.45) is 9.95. The summed E-state index contributed by atoms with van der Waals surface area (Å²) in [5, 5.41) is 3.23. The van der Waals surface area contributed by atoms with Crippen LogP contribution in [0.5, 0.6) is 0 Å². The molecule has 1 amide bonds. The molecule has 2 aromatic rings. The topological polar surface area (TPSA) is 57.7 Å². The first kappa shape index (κ1) is 15.9. The number of aliphatic imine (C=N–C) groups is 2. The summed E-state index contributed by atoms with van der Waals surface area (Å²) in [4.78, 5) is 22.1. The molecule has 3 aliphatic rings. The van der Waals surface area contributed by atoms with Crippen molar-refractivity contribution in [1.29, 1.82) is 0 Å². The van der Waals surface area contributed by atoms with Gasteiger partial charge in [-0.25, -0.2) is 0 Å². The number of amides is 1. The van der Waals surface area contributed by atoms with Gasteiger partial charge < -0.3 is 5.32 Å². The molecule has 132 valence electrons. The molecule has 0 radical (unpaired) electrons. The number of carbonyl (C=O) groups excluding carboxylic acids is 1. The fraction of sp³-hybridized carbons (Fsp3) is 0.182. The predicted octanol–water partition coefficient (Wildman–Crippen LogP) is 2.74. The first-order valence-corrected chi connectivity index (χ1v) is 9.16. The minimum atomic E-state index is -0.261. The molecule has 1 fully saturated rings. The number of aromatic nitrogens is 1. The molecule has 1 N–H and O–H groups in total. The van der Waals surface area contributed by atoms with E-state index >= 15 is 0 Å². The third-order valence-corrected chi connectivity index (χ3v) is 5.29. The lowest BCUT2D eigenvalue weighted by Crippen LogP contribution is -2.40. The van der Waals surface area contributed by atoms with E-state index < -0.39 is 0 Å². The van der Waals surface area contributed by atoms with E-state index in [1.54, 1.807) is 12.5 Å². The maximum Gasteiger partial charge on any atom is 0.292 e. The fourth-order valence-corrected chi connectivity index (χ4v) is 3.70. The molecule has 1 aromatic heterocycles. The van der Waals surface area contributed by atoms with Gasteiger partial charge in [0.25, 0.3) is 12.2 Å². The highest BCUT2D eigenvalue weighted by Crippen LogP contribution is 2.45. The number of benzene rings is 1. The Kier molecular flexibility index (Phi) is 3.60. The van der Waals surface area contributed by atoms with Gasteiger partial charge in [-0.2, -0.15) is 4.57 Å². The lowest BCUT2D eigenvalue weighted by atomic mass is 9.98. The zero-order valence-corrected chi connectivity index (χ0v) is 14.8. The molecule has 1 saturated carbocycles. The third kappa shape index (κ3) is 2.72. The van der Waals surface area contributed by atoms with Gasteiger partial charge >= 0.3 is 0 Å². The average Bonchev–Trinajstić information content (AvgIpc) is 3.38. The summed E-state index contributed by atoms with van der Waals surface area (Å²) in [6, 6.07) is 16.1. The van der Waals surface area contributed by atoms with Crippen molar-refractivity contribution >= 4 is 23.7 Å². The van der Waals surface area contributed by atoms with Gasteiger partial charge in [-0.15, -0.1) is 0 Å². The second-order valence-corrected chi connectivity index (χ2v) is 7.03. The number of nitrogens with one attached hydrogen (secondary N) is 1. The molecule has 3 heterocycles. The molecule has 0 saturated heterocycles. The standard InChI is InChI=1S/C22H18N4O/c27-21(25-22(11-12-22)16-7-2-1-3-8-16)20-17(9-6-13-23-20)19-18-10-4-5-14-26(18)15-24-19/h1-8,10,13-15H,9,11-12H2/p+1. The number of allylic oxidation sites excluding steroid dienone is 1. The zero-order chi connectivity index (χ0) is 18.3. The Morgan fingerprint density at radius 1 is 1.07 bits per heavy atom. The molecule has 0 atom stereocenters. The fourth-order valence-electron chi connectivity index (χ4n) is 3.70. The van der Waals surface area contributed by atoms with Gasteiger partial charge in [0, 0.05) is 11.8 Å². The second-order valence-electron chi connectivity index (χ2n) is 7.03. The van der Waals surface area contributed by atoms with Crippen LogP contribution in [-0.2, 0) is 10.3 Å². The van der Waals surface area contributed by atoms with E-state index in [0.717, 1.165) is 35.4 Å². The minimum absolute atomic E-state index is 0.132. The molecule has 0 bridgehead atoms. The lowest BCUT2D eigenvalue weighted by Gasteiger charge is -2.20. The van der Waals surface area contributed by atoms with E-state index in [1.807, 2.05) is 53.2 Å². The zero-order valence-electron chi connectivity index (χ0n) is 14.8. The summed E-state index contributed by atoms with van der Waals surface area (Å²) >= 11 is 0. The third-order valence-electron chi connectivity index (χ3n) is 5.29. The van der Waals surface area contributed by atoms with Crippen molar-refractivity contribution in [3.63, 3.8) is 0 Å². The molecule has 2 aliphatic heterocycles. The lowest BCUT2D eigenvalue weighted by molar-refractivity contribution is -0.544. The van der Waals surface area contributed by atoms with Gasteiger partial charge in [0.2, 0.25) is 5.70 Å². The van der Waals surface area contributed by atoms with Crippen LogP contribution in [0.3, 0.4) is 0 Å². The Balaban J connectivity index is 1.48. The molecule has 5 nitrogen and oxygen atoms in total. The molecular weight excluding hydrogens is 336 g/mol. The number of rotatable bonds is 3. The Hall–Kier alpha value is -3.34. The summed E-state index contributed by atoms with van der Waals surface area (Å²) in [5.41, 5.74) is 4.02. The Labute approximate surface area is 157 Å². The van der Waals surface area contributed by atoms with Crippen molar-refractivity contribution in [1.82, 2.24) is 5.32 Å². The van der Waals surface area contributed by atoms with Gasteiger partial charge in [-0.3, -0.25) is 9.79 Å². The largest absolute Gasteiger partial charge is 0.341 e. The molecule has 1 aromatic carbocycles. The Bertz CT molecular complexity index is 1040. The number of nitrogens with zero attached hydrogens (tertiary/aromatic N) is 3. The average molecular weight is 355 g/mol. The van der Waals surface area contributed by atoms with Crippen LogP contribution in [0.1, 0.15) is 30.5 Å². The summed E-state index contributed by atoms with van der Waals surface area (Å²) in [5.74, 6) is -0.132. The summed E-state index contributed by atoms with van der Waals surface area (Å²) in [7, 11) is 0. The van der Waals surface area contributed by atoms with E-state index in [-0.39, 0.29) is 11.4 Å². The van der Waals surface area contributed by atoms with Gasteiger partial charge in [0.1, 0.15) is 5.71 Å². The van der Waals surface area contributed by atoms with Crippen molar-refractivity contribution in [2.24, 2.45) is 9.98 Å². The Morgan fingerprint density at radius 3 is 2.70 bits per heavy atom. The highest BCUT2D eigenvalue weighted by molar-refractivity contribution is 6.47. The first-order valence-electron chi connectivity index (χ1n) is 9.16. The highest BCUT2D eigenvalue weighted by atomic mass is 16.2. The summed E-state index contributed by atoms with van der Waals surface area (Å²) in [6.45, 7) is 0. The predicted molar refractivity (Wildman–Crippen MR) is 104 cm³/mol. The quantitative estimate of drug-likeness (QED) is 0.846. The monoisotopic (exact) mass is 355 g/mol. The van der Waals surface area contributed by atoms with Crippen LogP contribution in [0, 0.1) is 0 Å². The van der Waals surface area contributed by atoms with Crippen molar-refractivity contribution in [3.8, 4) is 0 Å². The maximum absolute atomic E-state index is 13.1. The molecule has 1 aliphatic carbocycles. The van der Waals surface area contributed by atoms with Crippen LogP contribution < -0.4 is 9.88 Å². The number of hydrogen-bond acceptors (Lipinski definition) is 3. The molecule has 5 heteroatoms. The molecule has 0 unspecified atom stereocenters. The first-order chi connectivity index (χ1) is 13.3. The van der Waals surface area contributed by atoms with Gasteiger partial charge in [0.15, 0.2) is 5.69 Å². The van der Waals surface area contributed by atoms with Crippen molar-refractivity contribution in [2.45, 2.75) is 24.8 Å². The van der Waals surface area contributed by atoms with Crippen LogP contribution in [0.15, 0.2) is 82.6 Å². The highest BCUT2D eigenvalue weighted by Gasteiger charge is 2.46. The molecule has 5 rings (SSSR count).